The van der Waals surface area contributed by atoms with Crippen molar-refractivity contribution in [1.82, 2.24) is 4.90 Å². The number of amides is 1. The monoisotopic (exact) mass is 745 g/mol. The van der Waals surface area contributed by atoms with Crippen molar-refractivity contribution in [3.63, 3.8) is 0 Å². The molecule has 8 nitrogen and oxygen atoms in total. The molecule has 0 bridgehead atoms. The van der Waals surface area contributed by atoms with E-state index in [1.54, 1.807) is 0 Å². The van der Waals surface area contributed by atoms with E-state index in [0.717, 1.165) is 81.8 Å². The molecule has 284 valence electrons. The van der Waals surface area contributed by atoms with Crippen molar-refractivity contribution in [2.75, 3.05) is 62.5 Å². The van der Waals surface area contributed by atoms with E-state index in [1.165, 1.54) is 75.5 Å². The maximum atomic E-state index is 12.8. The Morgan fingerprint density at radius 2 is 1.35 bits per heavy atom. The smallest absolute Gasteiger partial charge is 0.494 e. The van der Waals surface area contributed by atoms with Gasteiger partial charge in [0.05, 0.1) is 34.6 Å². The van der Waals surface area contributed by atoms with Crippen LogP contribution >= 0.6 is 23.2 Å². The molecule has 51 heavy (non-hydrogen) atoms. The topological polar surface area (TPSA) is 71.5 Å². The zero-order valence-corrected chi connectivity index (χ0v) is 32.5. The van der Waals surface area contributed by atoms with Crippen LogP contribution in [-0.2, 0) is 20.7 Å². The summed E-state index contributed by atoms with van der Waals surface area (Å²) < 4.78 is 16.7. The molecule has 0 saturated carbocycles. The van der Waals surface area contributed by atoms with Crippen LogP contribution in [0.25, 0.3) is 0 Å². The van der Waals surface area contributed by atoms with Gasteiger partial charge in [0.1, 0.15) is 5.75 Å². The van der Waals surface area contributed by atoms with Crippen LogP contribution in [0, 0.1) is 0 Å². The van der Waals surface area contributed by atoms with E-state index in [2.05, 4.69) is 16.7 Å². The Morgan fingerprint density at radius 1 is 0.706 bits per heavy atom. The minimum atomic E-state index is -0.730. The lowest BCUT2D eigenvalue weighted by molar-refractivity contribution is -0.119. The largest absolute Gasteiger partial charge is 0.510 e. The molecular formula is C41H61Cl2N3O5. The van der Waals surface area contributed by atoms with Gasteiger partial charge >= 0.3 is 6.16 Å². The fourth-order valence-corrected chi connectivity index (χ4v) is 7.35. The molecule has 0 atom stereocenters. The molecule has 1 saturated heterocycles. The highest BCUT2D eigenvalue weighted by Crippen LogP contribution is 2.33. The van der Waals surface area contributed by atoms with Crippen LogP contribution in [0.2, 0.25) is 10.0 Å². The minimum Gasteiger partial charge on any atom is -0.494 e. The Balaban J connectivity index is 1.04. The van der Waals surface area contributed by atoms with Crippen molar-refractivity contribution in [1.29, 1.82) is 0 Å². The Labute approximate surface area is 317 Å². The number of piperazine rings is 1. The Morgan fingerprint density at radius 3 is 2.04 bits per heavy atom. The van der Waals surface area contributed by atoms with Crippen LogP contribution < -0.4 is 14.5 Å². The molecule has 0 spiro atoms. The lowest BCUT2D eigenvalue weighted by Crippen LogP contribution is -2.46. The van der Waals surface area contributed by atoms with Gasteiger partial charge in [0.2, 0.25) is 5.91 Å². The lowest BCUT2D eigenvalue weighted by atomic mass is 10.0. The van der Waals surface area contributed by atoms with E-state index in [0.29, 0.717) is 41.9 Å². The molecule has 0 N–H and O–H groups in total. The first kappa shape index (κ1) is 41.1. The van der Waals surface area contributed by atoms with Crippen LogP contribution in [0.4, 0.5) is 16.2 Å². The summed E-state index contributed by atoms with van der Waals surface area (Å²) in [6, 6.07) is 11.6. The SMILES string of the molecule is CCCCCCCCCCCCCCCCOC(=O)OCN1C(=O)CCc2ccc(OCCCCN3CCN(c4cccc(Cl)c4Cl)CC3)cc21. The maximum Gasteiger partial charge on any atom is 0.510 e. The number of hydrogen-bond acceptors (Lipinski definition) is 7. The van der Waals surface area contributed by atoms with Gasteiger partial charge in [-0.25, -0.2) is 4.79 Å². The average molecular weight is 747 g/mol. The number of ether oxygens (including phenoxy) is 3. The molecule has 2 aliphatic rings. The highest BCUT2D eigenvalue weighted by Gasteiger charge is 2.26. The van der Waals surface area contributed by atoms with Crippen molar-refractivity contribution in [3.8, 4) is 5.75 Å². The van der Waals surface area contributed by atoms with Gasteiger partial charge in [0.25, 0.3) is 0 Å². The summed E-state index contributed by atoms with van der Waals surface area (Å²) in [7, 11) is 0. The first-order chi connectivity index (χ1) is 25.0. The number of hydrogen-bond donors (Lipinski definition) is 0. The second-order valence-corrected chi connectivity index (χ2v) is 14.8. The standard InChI is InChI=1S/C41H61Cl2N3O5/c1-2-3-4-5-6-7-8-9-10-11-12-13-14-16-31-50-41(48)51-33-46-38-32-35(23-21-34(38)22-24-39(46)47)49-30-17-15-25-44-26-28-45(29-27-44)37-20-18-19-36(42)40(37)43/h18-21,23,32H,2-17,22,24-31,33H2,1H3. The molecule has 1 fully saturated rings. The van der Waals surface area contributed by atoms with Crippen LogP contribution in [0.3, 0.4) is 0 Å². The van der Waals surface area contributed by atoms with Crippen molar-refractivity contribution < 1.29 is 23.8 Å². The van der Waals surface area contributed by atoms with E-state index in [-0.39, 0.29) is 12.6 Å². The van der Waals surface area contributed by atoms with Crippen LogP contribution in [0.15, 0.2) is 36.4 Å². The third-order valence-electron chi connectivity index (χ3n) is 10.1. The van der Waals surface area contributed by atoms with Crippen molar-refractivity contribution in [2.24, 2.45) is 0 Å². The Kier molecular flexibility index (Phi) is 19.2. The van der Waals surface area contributed by atoms with Crippen molar-refractivity contribution >= 4 is 46.6 Å². The zero-order valence-electron chi connectivity index (χ0n) is 31.0. The number of nitrogens with zero attached hydrogens (tertiary/aromatic N) is 3. The van der Waals surface area contributed by atoms with Crippen molar-refractivity contribution in [3.05, 3.63) is 52.0 Å². The summed E-state index contributed by atoms with van der Waals surface area (Å²) in [5.41, 5.74) is 2.78. The number of carbonyl (C=O) groups is 2. The third kappa shape index (κ3) is 14.7. The number of rotatable bonds is 24. The number of benzene rings is 2. The molecule has 2 aromatic carbocycles. The summed E-state index contributed by atoms with van der Waals surface area (Å²) in [4.78, 5) is 31.4. The van der Waals surface area contributed by atoms with Gasteiger partial charge in [-0.1, -0.05) is 126 Å². The number of fused-ring (bicyclic) bond motifs is 1. The number of aryl methyl sites for hydroxylation is 1. The molecular weight excluding hydrogens is 685 g/mol. The van der Waals surface area contributed by atoms with Crippen LogP contribution in [0.5, 0.6) is 5.75 Å². The first-order valence-electron chi connectivity index (χ1n) is 19.7. The van der Waals surface area contributed by atoms with E-state index in [4.69, 9.17) is 37.4 Å². The summed E-state index contributed by atoms with van der Waals surface area (Å²) in [6.07, 6.45) is 20.1. The number of carbonyl (C=O) groups excluding carboxylic acids is 2. The molecule has 2 aromatic rings. The molecule has 0 unspecified atom stereocenters. The summed E-state index contributed by atoms with van der Waals surface area (Å²) in [6.45, 7) is 7.84. The van der Waals surface area contributed by atoms with E-state index >= 15 is 0 Å². The van der Waals surface area contributed by atoms with E-state index < -0.39 is 6.16 Å². The summed E-state index contributed by atoms with van der Waals surface area (Å²) in [5.74, 6) is 0.637. The molecule has 0 aromatic heterocycles. The van der Waals surface area contributed by atoms with Crippen LogP contribution in [-0.4, -0.2) is 69.6 Å². The van der Waals surface area contributed by atoms with Gasteiger partial charge < -0.3 is 19.1 Å². The van der Waals surface area contributed by atoms with Crippen molar-refractivity contribution in [2.45, 2.75) is 122 Å². The average Bonchev–Trinajstić information content (AvgIpc) is 3.14. The van der Waals surface area contributed by atoms with Gasteiger partial charge in [-0.2, -0.15) is 0 Å². The van der Waals surface area contributed by atoms with Gasteiger partial charge in [-0.3, -0.25) is 14.6 Å². The maximum absolute atomic E-state index is 12.8. The number of unbranched alkanes of at least 4 members (excludes halogenated alkanes) is 14. The molecule has 10 heteroatoms. The van der Waals surface area contributed by atoms with Gasteiger partial charge in [0, 0.05) is 38.7 Å². The minimum absolute atomic E-state index is 0.0721. The molecule has 0 radical (unpaired) electrons. The fraction of sp³-hybridized carbons (Fsp3) is 0.659. The van der Waals surface area contributed by atoms with E-state index in [9.17, 15) is 9.59 Å². The molecule has 4 rings (SSSR count). The number of halogens is 2. The fourth-order valence-electron chi connectivity index (χ4n) is 6.94. The first-order valence-corrected chi connectivity index (χ1v) is 20.5. The zero-order chi connectivity index (χ0) is 36.1. The second kappa shape index (κ2) is 23.8. The predicted molar refractivity (Wildman–Crippen MR) is 210 cm³/mol. The molecule has 2 heterocycles. The third-order valence-corrected chi connectivity index (χ3v) is 10.9. The van der Waals surface area contributed by atoms with Crippen LogP contribution in [0.1, 0.15) is 122 Å². The van der Waals surface area contributed by atoms with Gasteiger partial charge in [0.15, 0.2) is 6.73 Å². The highest BCUT2D eigenvalue weighted by molar-refractivity contribution is 6.43. The number of anilines is 2. The lowest BCUT2D eigenvalue weighted by Gasteiger charge is -2.36. The molecule has 0 aliphatic carbocycles. The second-order valence-electron chi connectivity index (χ2n) is 14.0. The van der Waals surface area contributed by atoms with Gasteiger partial charge in [-0.05, 0) is 56.0 Å². The quantitative estimate of drug-likeness (QED) is 0.0782. The normalized spacial score (nSPS) is 14.8. The molecule has 2 aliphatic heterocycles. The van der Waals surface area contributed by atoms with E-state index in [1.807, 2.05) is 36.4 Å². The predicted octanol–water partition coefficient (Wildman–Crippen LogP) is 10.8. The summed E-state index contributed by atoms with van der Waals surface area (Å²) >= 11 is 12.6. The van der Waals surface area contributed by atoms with Gasteiger partial charge in [-0.15, -0.1) is 0 Å². The highest BCUT2D eigenvalue weighted by atomic mass is 35.5. The Hall–Kier alpha value is -2.68. The Bertz CT molecular complexity index is 1320. The molecule has 1 amide bonds. The summed E-state index contributed by atoms with van der Waals surface area (Å²) in [5, 5.41) is 1.22.